The fraction of sp³-hybridized carbons (Fsp3) is 0.308. The van der Waals surface area contributed by atoms with Crippen molar-refractivity contribution in [3.05, 3.63) is 42.7 Å². The quantitative estimate of drug-likeness (QED) is 0.901. The van der Waals surface area contributed by atoms with E-state index in [9.17, 15) is 0 Å². The molecule has 0 bridgehead atoms. The molecule has 3 rings (SSSR count). The first-order valence-electron chi connectivity index (χ1n) is 5.86. The molecule has 0 aliphatic carbocycles. The molecule has 0 spiro atoms. The molecule has 1 aromatic carbocycles. The van der Waals surface area contributed by atoms with Gasteiger partial charge in [-0.25, -0.2) is 4.98 Å². The van der Waals surface area contributed by atoms with Gasteiger partial charge in [0, 0.05) is 29.9 Å². The zero-order chi connectivity index (χ0) is 11.5. The Hall–Kier alpha value is -1.42. The Labute approximate surface area is 105 Å². The van der Waals surface area contributed by atoms with Crippen molar-refractivity contribution < 1.29 is 0 Å². The molecule has 0 amide bonds. The first kappa shape index (κ1) is 10.7. The van der Waals surface area contributed by atoms with Crippen molar-refractivity contribution in [2.75, 3.05) is 16.8 Å². The summed E-state index contributed by atoms with van der Waals surface area (Å²) >= 11 is 2.01. The summed E-state index contributed by atoms with van der Waals surface area (Å²) in [7, 11) is 0. The number of imidazole rings is 1. The highest BCUT2D eigenvalue weighted by molar-refractivity contribution is 7.99. The standard InChI is InChI=1S/C13H15N3S/c1-2-4-12(5-3-1)16-8-7-14-13(16)15-11-6-9-17-10-11/h1-5,7-8,11H,6,9-10H2,(H,14,15). The lowest BCUT2D eigenvalue weighted by molar-refractivity contribution is 0.793. The SMILES string of the molecule is c1ccc(-n2ccnc2NC2CCSC2)cc1. The fourth-order valence-electron chi connectivity index (χ4n) is 2.04. The maximum atomic E-state index is 4.40. The van der Waals surface area contributed by atoms with E-state index in [0.717, 1.165) is 11.6 Å². The van der Waals surface area contributed by atoms with Gasteiger partial charge in [-0.2, -0.15) is 11.8 Å². The summed E-state index contributed by atoms with van der Waals surface area (Å²) in [4.78, 5) is 4.40. The van der Waals surface area contributed by atoms with Gasteiger partial charge in [0.25, 0.3) is 0 Å². The van der Waals surface area contributed by atoms with Crippen LogP contribution in [0, 0.1) is 0 Å². The molecule has 0 saturated carbocycles. The maximum absolute atomic E-state index is 4.40. The van der Waals surface area contributed by atoms with Crippen LogP contribution < -0.4 is 5.32 Å². The van der Waals surface area contributed by atoms with Gasteiger partial charge in [-0.15, -0.1) is 0 Å². The monoisotopic (exact) mass is 245 g/mol. The zero-order valence-corrected chi connectivity index (χ0v) is 10.4. The second kappa shape index (κ2) is 4.84. The molecule has 4 heteroatoms. The Morgan fingerprint density at radius 1 is 1.29 bits per heavy atom. The highest BCUT2D eigenvalue weighted by atomic mass is 32.2. The Morgan fingerprint density at radius 2 is 2.18 bits per heavy atom. The van der Waals surface area contributed by atoms with Gasteiger partial charge in [0.1, 0.15) is 0 Å². The second-order valence-electron chi connectivity index (χ2n) is 4.16. The van der Waals surface area contributed by atoms with Gasteiger partial charge >= 0.3 is 0 Å². The van der Waals surface area contributed by atoms with Crippen LogP contribution in [-0.2, 0) is 0 Å². The summed E-state index contributed by atoms with van der Waals surface area (Å²) in [6.07, 6.45) is 5.07. The van der Waals surface area contributed by atoms with Crippen LogP contribution in [0.1, 0.15) is 6.42 Å². The van der Waals surface area contributed by atoms with Gasteiger partial charge < -0.3 is 5.32 Å². The third kappa shape index (κ3) is 2.31. The largest absolute Gasteiger partial charge is 0.352 e. The van der Waals surface area contributed by atoms with Gasteiger partial charge in [0.05, 0.1) is 0 Å². The van der Waals surface area contributed by atoms with E-state index in [0.29, 0.717) is 6.04 Å². The number of rotatable bonds is 3. The number of para-hydroxylation sites is 1. The molecule has 1 atom stereocenters. The van der Waals surface area contributed by atoms with Crippen LogP contribution in [0.5, 0.6) is 0 Å². The average Bonchev–Trinajstić information content (AvgIpc) is 3.02. The molecule has 1 N–H and O–H groups in total. The molecule has 1 unspecified atom stereocenters. The van der Waals surface area contributed by atoms with Crippen molar-refractivity contribution in [2.24, 2.45) is 0 Å². The minimum atomic E-state index is 0.560. The molecule has 1 fully saturated rings. The highest BCUT2D eigenvalue weighted by Crippen LogP contribution is 2.22. The molecule has 1 aromatic heterocycles. The number of hydrogen-bond donors (Lipinski definition) is 1. The number of nitrogens with zero attached hydrogens (tertiary/aromatic N) is 2. The summed E-state index contributed by atoms with van der Waals surface area (Å²) in [6, 6.07) is 10.9. The molecule has 17 heavy (non-hydrogen) atoms. The predicted molar refractivity (Wildman–Crippen MR) is 72.9 cm³/mol. The molecule has 1 aliphatic heterocycles. The highest BCUT2D eigenvalue weighted by Gasteiger charge is 2.17. The van der Waals surface area contributed by atoms with E-state index in [-0.39, 0.29) is 0 Å². The Morgan fingerprint density at radius 3 is 2.94 bits per heavy atom. The average molecular weight is 245 g/mol. The van der Waals surface area contributed by atoms with E-state index in [4.69, 9.17) is 0 Å². The van der Waals surface area contributed by atoms with Gasteiger partial charge in [-0.05, 0) is 24.3 Å². The molecular formula is C13H15N3S. The van der Waals surface area contributed by atoms with Crippen molar-refractivity contribution in [1.29, 1.82) is 0 Å². The molecule has 2 heterocycles. The third-order valence-corrected chi connectivity index (χ3v) is 4.10. The summed E-state index contributed by atoms with van der Waals surface area (Å²) in [5.41, 5.74) is 1.15. The zero-order valence-electron chi connectivity index (χ0n) is 9.54. The van der Waals surface area contributed by atoms with E-state index in [1.54, 1.807) is 0 Å². The Bertz CT molecular complexity index is 474. The number of aromatic nitrogens is 2. The smallest absolute Gasteiger partial charge is 0.207 e. The lowest BCUT2D eigenvalue weighted by atomic mass is 10.3. The van der Waals surface area contributed by atoms with Crippen molar-refractivity contribution in [3.63, 3.8) is 0 Å². The minimum absolute atomic E-state index is 0.560. The lowest BCUT2D eigenvalue weighted by Gasteiger charge is -2.14. The van der Waals surface area contributed by atoms with Crippen LogP contribution in [0.15, 0.2) is 42.7 Å². The second-order valence-corrected chi connectivity index (χ2v) is 5.31. The molecule has 1 saturated heterocycles. The lowest BCUT2D eigenvalue weighted by Crippen LogP contribution is -2.20. The van der Waals surface area contributed by atoms with Crippen molar-refractivity contribution >= 4 is 17.7 Å². The summed E-state index contributed by atoms with van der Waals surface area (Å²) < 4.78 is 2.10. The van der Waals surface area contributed by atoms with Gasteiger partial charge in [-0.1, -0.05) is 18.2 Å². The van der Waals surface area contributed by atoms with E-state index < -0.39 is 0 Å². The summed E-state index contributed by atoms with van der Waals surface area (Å²) in [5, 5.41) is 3.52. The minimum Gasteiger partial charge on any atom is -0.352 e. The summed E-state index contributed by atoms with van der Waals surface area (Å²) in [6.45, 7) is 0. The van der Waals surface area contributed by atoms with Crippen LogP contribution >= 0.6 is 11.8 Å². The van der Waals surface area contributed by atoms with E-state index in [1.807, 2.05) is 42.4 Å². The normalized spacial score (nSPS) is 19.4. The molecule has 3 nitrogen and oxygen atoms in total. The molecule has 1 aliphatic rings. The van der Waals surface area contributed by atoms with Gasteiger partial charge in [0.2, 0.25) is 5.95 Å². The van der Waals surface area contributed by atoms with Crippen LogP contribution in [-0.4, -0.2) is 27.1 Å². The molecular weight excluding hydrogens is 230 g/mol. The maximum Gasteiger partial charge on any atom is 0.207 e. The molecule has 2 aromatic rings. The predicted octanol–water partition coefficient (Wildman–Crippen LogP) is 2.79. The Balaban J connectivity index is 1.84. The number of thioether (sulfide) groups is 1. The van der Waals surface area contributed by atoms with Crippen molar-refractivity contribution in [3.8, 4) is 5.69 Å². The number of anilines is 1. The fourth-order valence-corrected chi connectivity index (χ4v) is 3.19. The number of nitrogens with one attached hydrogen (secondary N) is 1. The van der Waals surface area contributed by atoms with E-state index in [2.05, 4.69) is 27.0 Å². The molecule has 0 radical (unpaired) electrons. The first-order valence-corrected chi connectivity index (χ1v) is 7.02. The topological polar surface area (TPSA) is 29.9 Å². The third-order valence-electron chi connectivity index (χ3n) is 2.94. The van der Waals surface area contributed by atoms with Crippen molar-refractivity contribution in [2.45, 2.75) is 12.5 Å². The van der Waals surface area contributed by atoms with Crippen LogP contribution in [0.2, 0.25) is 0 Å². The van der Waals surface area contributed by atoms with Crippen molar-refractivity contribution in [1.82, 2.24) is 9.55 Å². The van der Waals surface area contributed by atoms with Crippen LogP contribution in [0.4, 0.5) is 5.95 Å². The van der Waals surface area contributed by atoms with Gasteiger partial charge in [-0.3, -0.25) is 4.57 Å². The number of hydrogen-bond acceptors (Lipinski definition) is 3. The Kier molecular flexibility index (Phi) is 3.05. The molecule has 88 valence electrons. The van der Waals surface area contributed by atoms with E-state index >= 15 is 0 Å². The van der Waals surface area contributed by atoms with E-state index in [1.165, 1.54) is 17.9 Å². The summed E-state index contributed by atoms with van der Waals surface area (Å²) in [5.74, 6) is 3.38. The first-order chi connectivity index (χ1) is 8.43. The van der Waals surface area contributed by atoms with Crippen LogP contribution in [0.3, 0.4) is 0 Å². The van der Waals surface area contributed by atoms with Crippen LogP contribution in [0.25, 0.3) is 5.69 Å². The number of benzene rings is 1. The van der Waals surface area contributed by atoms with Gasteiger partial charge in [0.15, 0.2) is 0 Å².